The zero-order valence-corrected chi connectivity index (χ0v) is 13.5. The summed E-state index contributed by atoms with van der Waals surface area (Å²) in [6, 6.07) is 10.6. The van der Waals surface area contributed by atoms with Gasteiger partial charge in [0.05, 0.1) is 0 Å². The Bertz CT molecular complexity index is 543. The number of benzene rings is 1. The van der Waals surface area contributed by atoms with Gasteiger partial charge in [-0.25, -0.2) is 0 Å². The van der Waals surface area contributed by atoms with E-state index in [0.717, 1.165) is 12.3 Å². The Morgan fingerprint density at radius 2 is 1.90 bits per heavy atom. The highest BCUT2D eigenvalue weighted by molar-refractivity contribution is 7.12. The Morgan fingerprint density at radius 3 is 2.50 bits per heavy atom. The molecule has 0 amide bonds. The fraction of sp³-hybridized carbons (Fsp3) is 0.412. The number of hydrogen-bond acceptors (Lipinski definition) is 3. The molecule has 0 saturated carbocycles. The van der Waals surface area contributed by atoms with Crippen LogP contribution in [0.4, 0.5) is 0 Å². The van der Waals surface area contributed by atoms with Gasteiger partial charge in [0, 0.05) is 21.9 Å². The van der Waals surface area contributed by atoms with Crippen molar-refractivity contribution >= 4 is 11.3 Å². The van der Waals surface area contributed by atoms with Crippen LogP contribution in [0, 0.1) is 6.92 Å². The van der Waals surface area contributed by atoms with E-state index in [4.69, 9.17) is 4.74 Å². The van der Waals surface area contributed by atoms with Gasteiger partial charge in [0.15, 0.2) is 0 Å². The molecule has 0 fully saturated rings. The Labute approximate surface area is 125 Å². The molecule has 2 aromatic rings. The molecule has 0 aliphatic heterocycles. The standard InChI is InChI=1S/C17H23NOS/c1-12(2)14-5-7-16(8-6-14)19-11-15-9-17(10-18-4)20-13(15)3/h5-9,12,18H,10-11H2,1-4H3. The predicted molar refractivity (Wildman–Crippen MR) is 86.7 cm³/mol. The van der Waals surface area contributed by atoms with E-state index in [1.165, 1.54) is 20.9 Å². The number of rotatable bonds is 6. The molecule has 2 rings (SSSR count). The molecule has 0 bridgehead atoms. The average Bonchev–Trinajstić information content (AvgIpc) is 2.77. The molecule has 0 aliphatic carbocycles. The number of hydrogen-bond donors (Lipinski definition) is 1. The normalized spacial score (nSPS) is 11.1. The molecular formula is C17H23NOS. The van der Waals surface area contributed by atoms with E-state index in [0.29, 0.717) is 12.5 Å². The number of aryl methyl sites for hydroxylation is 1. The Kier molecular flexibility index (Phi) is 5.21. The van der Waals surface area contributed by atoms with Crippen molar-refractivity contribution in [3.8, 4) is 5.75 Å². The molecule has 0 aliphatic rings. The largest absolute Gasteiger partial charge is 0.489 e. The third kappa shape index (κ3) is 3.84. The second-order valence-corrected chi connectivity index (χ2v) is 6.68. The highest BCUT2D eigenvalue weighted by Gasteiger charge is 2.06. The van der Waals surface area contributed by atoms with Crippen LogP contribution in [0.5, 0.6) is 5.75 Å². The van der Waals surface area contributed by atoms with Gasteiger partial charge in [0.25, 0.3) is 0 Å². The van der Waals surface area contributed by atoms with Crippen LogP contribution in [0.1, 0.15) is 40.6 Å². The van der Waals surface area contributed by atoms with E-state index in [-0.39, 0.29) is 0 Å². The lowest BCUT2D eigenvalue weighted by Gasteiger charge is -2.08. The van der Waals surface area contributed by atoms with Crippen LogP contribution in [0.3, 0.4) is 0 Å². The van der Waals surface area contributed by atoms with Gasteiger partial charge < -0.3 is 10.1 Å². The monoisotopic (exact) mass is 289 g/mol. The van der Waals surface area contributed by atoms with Crippen molar-refractivity contribution in [2.45, 2.75) is 39.8 Å². The van der Waals surface area contributed by atoms with Gasteiger partial charge >= 0.3 is 0 Å². The van der Waals surface area contributed by atoms with Crippen molar-refractivity contribution in [2.75, 3.05) is 7.05 Å². The van der Waals surface area contributed by atoms with Gasteiger partial charge in [-0.3, -0.25) is 0 Å². The number of ether oxygens (including phenoxy) is 1. The summed E-state index contributed by atoms with van der Waals surface area (Å²) < 4.78 is 5.89. The van der Waals surface area contributed by atoms with Gasteiger partial charge in [0.2, 0.25) is 0 Å². The minimum atomic E-state index is 0.562. The van der Waals surface area contributed by atoms with E-state index >= 15 is 0 Å². The average molecular weight is 289 g/mol. The summed E-state index contributed by atoms with van der Waals surface area (Å²) in [5.41, 5.74) is 2.63. The Hall–Kier alpha value is -1.32. The minimum Gasteiger partial charge on any atom is -0.489 e. The van der Waals surface area contributed by atoms with E-state index in [1.807, 2.05) is 18.4 Å². The lowest BCUT2D eigenvalue weighted by atomic mass is 10.0. The van der Waals surface area contributed by atoms with Crippen LogP contribution in [0.2, 0.25) is 0 Å². The summed E-state index contributed by atoms with van der Waals surface area (Å²) in [6.45, 7) is 8.13. The first-order chi connectivity index (χ1) is 9.60. The second-order valence-electron chi connectivity index (χ2n) is 5.34. The van der Waals surface area contributed by atoms with Crippen molar-refractivity contribution in [3.05, 3.63) is 51.2 Å². The summed E-state index contributed by atoms with van der Waals surface area (Å²) in [5.74, 6) is 1.50. The smallest absolute Gasteiger partial charge is 0.119 e. The summed E-state index contributed by atoms with van der Waals surface area (Å²) >= 11 is 1.84. The first kappa shape index (κ1) is 15.1. The van der Waals surface area contributed by atoms with Gasteiger partial charge in [-0.15, -0.1) is 11.3 Å². The third-order valence-electron chi connectivity index (χ3n) is 3.36. The van der Waals surface area contributed by atoms with Crippen molar-refractivity contribution in [1.29, 1.82) is 0 Å². The molecule has 2 nitrogen and oxygen atoms in total. The highest BCUT2D eigenvalue weighted by atomic mass is 32.1. The van der Waals surface area contributed by atoms with Crippen molar-refractivity contribution in [2.24, 2.45) is 0 Å². The van der Waals surface area contributed by atoms with Crippen LogP contribution in [-0.4, -0.2) is 7.05 Å². The fourth-order valence-corrected chi connectivity index (χ4v) is 3.16. The predicted octanol–water partition coefficient (Wildman–Crippen LogP) is 4.48. The topological polar surface area (TPSA) is 21.3 Å². The van der Waals surface area contributed by atoms with Gasteiger partial charge in [0.1, 0.15) is 12.4 Å². The van der Waals surface area contributed by atoms with Crippen LogP contribution in [0.25, 0.3) is 0 Å². The van der Waals surface area contributed by atoms with Crippen molar-refractivity contribution in [3.63, 3.8) is 0 Å². The molecule has 108 valence electrons. The maximum atomic E-state index is 5.89. The first-order valence-corrected chi connectivity index (χ1v) is 7.87. The quantitative estimate of drug-likeness (QED) is 0.846. The molecule has 0 atom stereocenters. The zero-order valence-electron chi connectivity index (χ0n) is 12.7. The molecule has 0 saturated heterocycles. The van der Waals surface area contributed by atoms with Gasteiger partial charge in [-0.1, -0.05) is 26.0 Å². The van der Waals surface area contributed by atoms with Crippen LogP contribution in [0.15, 0.2) is 30.3 Å². The first-order valence-electron chi connectivity index (χ1n) is 7.05. The van der Waals surface area contributed by atoms with Crippen LogP contribution < -0.4 is 10.1 Å². The molecule has 20 heavy (non-hydrogen) atoms. The Morgan fingerprint density at radius 1 is 1.20 bits per heavy atom. The molecule has 1 heterocycles. The summed E-state index contributed by atoms with van der Waals surface area (Å²) in [6.07, 6.45) is 0. The number of nitrogens with one attached hydrogen (secondary N) is 1. The van der Waals surface area contributed by atoms with Gasteiger partial charge in [-0.05, 0) is 43.7 Å². The molecule has 1 N–H and O–H groups in total. The van der Waals surface area contributed by atoms with E-state index in [9.17, 15) is 0 Å². The van der Waals surface area contributed by atoms with E-state index < -0.39 is 0 Å². The molecule has 0 radical (unpaired) electrons. The SMILES string of the molecule is CNCc1cc(COc2ccc(C(C)C)cc2)c(C)s1. The molecule has 0 unspecified atom stereocenters. The van der Waals surface area contributed by atoms with Crippen LogP contribution >= 0.6 is 11.3 Å². The highest BCUT2D eigenvalue weighted by Crippen LogP contribution is 2.24. The lowest BCUT2D eigenvalue weighted by Crippen LogP contribution is -2.02. The summed E-state index contributed by atoms with van der Waals surface area (Å²) in [5, 5.41) is 3.18. The maximum Gasteiger partial charge on any atom is 0.119 e. The molecule has 1 aromatic carbocycles. The molecule has 3 heteroatoms. The third-order valence-corrected chi connectivity index (χ3v) is 4.46. The zero-order chi connectivity index (χ0) is 14.5. The fourth-order valence-electron chi connectivity index (χ4n) is 2.10. The number of thiophene rings is 1. The van der Waals surface area contributed by atoms with Crippen molar-refractivity contribution in [1.82, 2.24) is 5.32 Å². The molecule has 0 spiro atoms. The lowest BCUT2D eigenvalue weighted by molar-refractivity contribution is 0.306. The molecule has 1 aromatic heterocycles. The Balaban J connectivity index is 1.97. The van der Waals surface area contributed by atoms with E-state index in [1.54, 1.807) is 0 Å². The molecular weight excluding hydrogens is 266 g/mol. The van der Waals surface area contributed by atoms with Crippen molar-refractivity contribution < 1.29 is 4.74 Å². The minimum absolute atomic E-state index is 0.562. The van der Waals surface area contributed by atoms with Crippen LogP contribution in [-0.2, 0) is 13.2 Å². The van der Waals surface area contributed by atoms with E-state index in [2.05, 4.69) is 56.4 Å². The maximum absolute atomic E-state index is 5.89. The van der Waals surface area contributed by atoms with Gasteiger partial charge in [-0.2, -0.15) is 0 Å². The summed E-state index contributed by atoms with van der Waals surface area (Å²) in [4.78, 5) is 2.70. The summed E-state index contributed by atoms with van der Waals surface area (Å²) in [7, 11) is 1.97. The second kappa shape index (κ2) is 6.91.